The summed E-state index contributed by atoms with van der Waals surface area (Å²) in [4.78, 5) is 15.4. The van der Waals surface area contributed by atoms with Crippen LogP contribution in [0, 0.1) is 0 Å². The van der Waals surface area contributed by atoms with Gasteiger partial charge < -0.3 is 9.47 Å². The van der Waals surface area contributed by atoms with Crippen LogP contribution in [0.25, 0.3) is 0 Å². The molecule has 4 nitrogen and oxygen atoms in total. The molecule has 0 bridgehead atoms. The molecule has 0 aromatic carbocycles. The van der Waals surface area contributed by atoms with Gasteiger partial charge in [-0.2, -0.15) is 4.99 Å². The molecule has 0 N–H and O–H groups in total. The molecule has 0 saturated heterocycles. The Hall–Kier alpha value is -0.900. The fourth-order valence-electron chi connectivity index (χ4n) is 1.69. The quantitative estimate of drug-likeness (QED) is 0.692. The number of carbonyl (C=O) groups excluding carboxylic acids is 1. The molecule has 1 saturated carbocycles. The van der Waals surface area contributed by atoms with Gasteiger partial charge in [-0.15, -0.1) is 0 Å². The molecule has 1 aliphatic rings. The number of nitrogens with zero attached hydrogens (tertiary/aromatic N) is 1. The zero-order chi connectivity index (χ0) is 12.2. The standard InChI is InChI=1S/C12H21NO3/c1-12(2,3)16-11(14)13-9-5-7-10(15-4)8-6-9/h10H,5-8H2,1-4H3. The van der Waals surface area contributed by atoms with Gasteiger partial charge in [-0.3, -0.25) is 0 Å². The maximum absolute atomic E-state index is 11.4. The van der Waals surface area contributed by atoms with E-state index in [9.17, 15) is 4.79 Å². The molecule has 1 amide bonds. The van der Waals surface area contributed by atoms with Gasteiger partial charge in [0.05, 0.1) is 6.10 Å². The van der Waals surface area contributed by atoms with Crippen LogP contribution in [0.1, 0.15) is 46.5 Å². The van der Waals surface area contributed by atoms with Crippen LogP contribution in [-0.4, -0.2) is 30.6 Å². The normalized spacial score (nSPS) is 21.8. The van der Waals surface area contributed by atoms with Crippen molar-refractivity contribution in [2.75, 3.05) is 7.11 Å². The number of carbonyl (C=O) groups is 1. The van der Waals surface area contributed by atoms with Crippen LogP contribution in [0.3, 0.4) is 0 Å². The summed E-state index contributed by atoms with van der Waals surface area (Å²) in [5, 5.41) is 0. The third kappa shape index (κ3) is 4.75. The van der Waals surface area contributed by atoms with Crippen molar-refractivity contribution in [2.24, 2.45) is 4.99 Å². The van der Waals surface area contributed by atoms with E-state index < -0.39 is 11.7 Å². The van der Waals surface area contributed by atoms with Crippen molar-refractivity contribution < 1.29 is 14.3 Å². The Kier molecular flexibility index (Phi) is 4.47. The molecule has 16 heavy (non-hydrogen) atoms. The fourth-order valence-corrected chi connectivity index (χ4v) is 1.69. The van der Waals surface area contributed by atoms with Gasteiger partial charge in [0, 0.05) is 12.8 Å². The van der Waals surface area contributed by atoms with Gasteiger partial charge in [0.1, 0.15) is 5.60 Å². The van der Waals surface area contributed by atoms with E-state index >= 15 is 0 Å². The second-order valence-electron chi connectivity index (χ2n) is 5.09. The summed E-state index contributed by atoms with van der Waals surface area (Å²) in [5.41, 5.74) is 0.466. The molecule has 0 spiro atoms. The minimum absolute atomic E-state index is 0.317. The molecule has 1 aliphatic carbocycles. The highest BCUT2D eigenvalue weighted by molar-refractivity contribution is 5.93. The second-order valence-corrected chi connectivity index (χ2v) is 5.09. The third-order valence-corrected chi connectivity index (χ3v) is 2.49. The Morgan fingerprint density at radius 3 is 2.31 bits per heavy atom. The van der Waals surface area contributed by atoms with Crippen LogP contribution in [0.5, 0.6) is 0 Å². The summed E-state index contributed by atoms with van der Waals surface area (Å²) in [6, 6.07) is 0. The molecule has 0 aromatic heterocycles. The van der Waals surface area contributed by atoms with Gasteiger partial charge in [-0.25, -0.2) is 4.79 Å². The lowest BCUT2D eigenvalue weighted by Crippen LogP contribution is -2.24. The van der Waals surface area contributed by atoms with Crippen molar-refractivity contribution in [1.82, 2.24) is 0 Å². The minimum Gasteiger partial charge on any atom is -0.442 e. The summed E-state index contributed by atoms with van der Waals surface area (Å²) in [6.45, 7) is 5.52. The van der Waals surface area contributed by atoms with Gasteiger partial charge in [0.25, 0.3) is 0 Å². The van der Waals surface area contributed by atoms with Gasteiger partial charge >= 0.3 is 6.09 Å². The van der Waals surface area contributed by atoms with E-state index in [-0.39, 0.29) is 0 Å². The molecule has 0 heterocycles. The van der Waals surface area contributed by atoms with Crippen molar-refractivity contribution in [1.29, 1.82) is 0 Å². The van der Waals surface area contributed by atoms with Crippen LogP contribution in [0.2, 0.25) is 0 Å². The molecular weight excluding hydrogens is 206 g/mol. The van der Waals surface area contributed by atoms with Crippen LogP contribution < -0.4 is 0 Å². The highest BCUT2D eigenvalue weighted by Crippen LogP contribution is 2.19. The molecule has 0 aromatic rings. The second kappa shape index (κ2) is 5.43. The predicted octanol–water partition coefficient (Wildman–Crippen LogP) is 2.95. The highest BCUT2D eigenvalue weighted by Gasteiger charge is 2.20. The first-order valence-electron chi connectivity index (χ1n) is 5.73. The average molecular weight is 227 g/mol. The number of amides is 1. The van der Waals surface area contributed by atoms with E-state index in [2.05, 4.69) is 4.99 Å². The van der Waals surface area contributed by atoms with Crippen molar-refractivity contribution in [3.8, 4) is 0 Å². The summed E-state index contributed by atoms with van der Waals surface area (Å²) in [7, 11) is 1.72. The number of hydrogen-bond donors (Lipinski definition) is 0. The fraction of sp³-hybridized carbons (Fsp3) is 0.833. The summed E-state index contributed by atoms with van der Waals surface area (Å²) in [5.74, 6) is 0. The Morgan fingerprint density at radius 1 is 1.31 bits per heavy atom. The number of hydrogen-bond acceptors (Lipinski definition) is 3. The molecule has 0 radical (unpaired) electrons. The number of methoxy groups -OCH3 is 1. The van der Waals surface area contributed by atoms with Gasteiger partial charge in [-0.05, 0) is 46.5 Å². The molecule has 0 unspecified atom stereocenters. The molecular formula is C12H21NO3. The minimum atomic E-state index is -0.474. The number of aliphatic imine (C=N–C) groups is 1. The average Bonchev–Trinajstić information content (AvgIpc) is 2.16. The van der Waals surface area contributed by atoms with Crippen molar-refractivity contribution in [3.63, 3.8) is 0 Å². The van der Waals surface area contributed by atoms with Crippen molar-refractivity contribution in [3.05, 3.63) is 0 Å². The Morgan fingerprint density at radius 2 is 1.88 bits per heavy atom. The molecule has 1 fully saturated rings. The van der Waals surface area contributed by atoms with Crippen LogP contribution >= 0.6 is 0 Å². The Labute approximate surface area is 97.0 Å². The predicted molar refractivity (Wildman–Crippen MR) is 62.9 cm³/mol. The van der Waals surface area contributed by atoms with Gasteiger partial charge in [0.15, 0.2) is 0 Å². The van der Waals surface area contributed by atoms with E-state index in [1.807, 2.05) is 20.8 Å². The lowest BCUT2D eigenvalue weighted by molar-refractivity contribution is 0.0599. The smallest absolute Gasteiger partial charge is 0.434 e. The molecule has 4 heteroatoms. The van der Waals surface area contributed by atoms with Crippen LogP contribution in [-0.2, 0) is 9.47 Å². The molecule has 92 valence electrons. The molecule has 1 rings (SSSR count). The highest BCUT2D eigenvalue weighted by atomic mass is 16.6. The van der Waals surface area contributed by atoms with E-state index in [1.54, 1.807) is 7.11 Å². The maximum atomic E-state index is 11.4. The zero-order valence-electron chi connectivity index (χ0n) is 10.6. The van der Waals surface area contributed by atoms with Gasteiger partial charge in [0.2, 0.25) is 0 Å². The number of ether oxygens (including phenoxy) is 2. The Balaban J connectivity index is 2.43. The largest absolute Gasteiger partial charge is 0.442 e. The van der Waals surface area contributed by atoms with E-state index in [1.165, 1.54) is 0 Å². The SMILES string of the molecule is COC1CCC(=NC(=O)OC(C)(C)C)CC1. The van der Waals surface area contributed by atoms with E-state index in [4.69, 9.17) is 9.47 Å². The number of rotatable bonds is 1. The van der Waals surface area contributed by atoms with Crippen molar-refractivity contribution in [2.45, 2.75) is 58.2 Å². The van der Waals surface area contributed by atoms with Crippen LogP contribution in [0.4, 0.5) is 4.79 Å². The molecule has 0 atom stereocenters. The summed E-state index contributed by atoms with van der Waals surface area (Å²) in [6.07, 6.45) is 3.39. The first kappa shape index (κ1) is 13.2. The topological polar surface area (TPSA) is 47.9 Å². The van der Waals surface area contributed by atoms with Crippen LogP contribution in [0.15, 0.2) is 4.99 Å². The third-order valence-electron chi connectivity index (χ3n) is 2.49. The van der Waals surface area contributed by atoms with Gasteiger partial charge in [-0.1, -0.05) is 0 Å². The lowest BCUT2D eigenvalue weighted by Gasteiger charge is -2.22. The van der Waals surface area contributed by atoms with Crippen molar-refractivity contribution >= 4 is 11.8 Å². The van der Waals surface area contributed by atoms with E-state index in [0.29, 0.717) is 6.10 Å². The Bertz CT molecular complexity index is 268. The first-order valence-corrected chi connectivity index (χ1v) is 5.73. The summed E-state index contributed by atoms with van der Waals surface area (Å²) >= 11 is 0. The lowest BCUT2D eigenvalue weighted by atomic mass is 9.96. The van der Waals surface area contributed by atoms with E-state index in [0.717, 1.165) is 31.4 Å². The zero-order valence-corrected chi connectivity index (χ0v) is 10.6. The molecule has 0 aliphatic heterocycles. The monoisotopic (exact) mass is 227 g/mol. The maximum Gasteiger partial charge on any atom is 0.434 e. The first-order chi connectivity index (χ1) is 7.40. The summed E-state index contributed by atoms with van der Waals surface area (Å²) < 4.78 is 10.4.